The molecule has 1 aliphatic rings. The highest BCUT2D eigenvalue weighted by atomic mass is 16.2. The Kier molecular flexibility index (Phi) is 4.79. The summed E-state index contributed by atoms with van der Waals surface area (Å²) in [5, 5.41) is 7.28. The van der Waals surface area contributed by atoms with Crippen molar-refractivity contribution >= 4 is 6.03 Å². The van der Waals surface area contributed by atoms with Crippen LogP contribution in [0, 0.1) is 0 Å². The zero-order valence-corrected chi connectivity index (χ0v) is 15.4. The Balaban J connectivity index is 1.62. The number of amides is 2. The van der Waals surface area contributed by atoms with Gasteiger partial charge in [-0.1, -0.05) is 30.3 Å². The molecule has 2 aromatic rings. The first-order chi connectivity index (χ1) is 11.9. The number of hydrogen-bond donors (Lipinski definition) is 1. The Hall–Kier alpha value is -2.37. The Morgan fingerprint density at radius 3 is 2.68 bits per heavy atom. The Morgan fingerprint density at radius 1 is 1.28 bits per heavy atom. The van der Waals surface area contributed by atoms with Gasteiger partial charge in [0.15, 0.2) is 0 Å². The van der Waals surface area contributed by atoms with Crippen molar-refractivity contribution in [1.82, 2.24) is 25.0 Å². The Labute approximate surface area is 149 Å². The van der Waals surface area contributed by atoms with Gasteiger partial charge < -0.3 is 10.2 Å². The van der Waals surface area contributed by atoms with Crippen molar-refractivity contribution in [3.05, 3.63) is 48.0 Å². The van der Waals surface area contributed by atoms with Gasteiger partial charge in [-0.15, -0.1) is 0 Å². The van der Waals surface area contributed by atoms with Crippen LogP contribution >= 0.6 is 0 Å². The standard InChI is InChI=1S/C19H27N5O/c1-14-16(15-8-6-5-7-9-15)10-11-23(14)18(25)20-12-17-21-13-22-24(17)19(2,3)4/h5-9,13-14,16H,10-12H2,1-4H3,(H,20,25)/t14-,16+/m0/s1. The van der Waals surface area contributed by atoms with E-state index in [1.165, 1.54) is 11.9 Å². The molecular formula is C19H27N5O. The summed E-state index contributed by atoms with van der Waals surface area (Å²) in [5.41, 5.74) is 1.15. The molecule has 1 saturated heterocycles. The summed E-state index contributed by atoms with van der Waals surface area (Å²) >= 11 is 0. The molecule has 0 bridgehead atoms. The number of likely N-dealkylation sites (tertiary alicyclic amines) is 1. The predicted octanol–water partition coefficient (Wildman–Crippen LogP) is 3.12. The number of urea groups is 1. The molecule has 1 fully saturated rings. The number of aromatic nitrogens is 3. The van der Waals surface area contributed by atoms with E-state index in [1.807, 2.05) is 15.6 Å². The van der Waals surface area contributed by atoms with Gasteiger partial charge in [-0.3, -0.25) is 0 Å². The first-order valence-electron chi connectivity index (χ1n) is 8.86. The number of rotatable bonds is 3. The van der Waals surface area contributed by atoms with Gasteiger partial charge >= 0.3 is 6.03 Å². The summed E-state index contributed by atoms with van der Waals surface area (Å²) < 4.78 is 1.85. The second-order valence-electron chi connectivity index (χ2n) is 7.66. The molecule has 2 amide bonds. The van der Waals surface area contributed by atoms with Crippen LogP contribution < -0.4 is 5.32 Å². The summed E-state index contributed by atoms with van der Waals surface area (Å²) in [7, 11) is 0. The molecule has 1 aromatic carbocycles. The molecule has 2 heterocycles. The van der Waals surface area contributed by atoms with Crippen molar-refractivity contribution in [2.24, 2.45) is 0 Å². The van der Waals surface area contributed by atoms with Crippen LogP contribution in [0.4, 0.5) is 4.79 Å². The molecule has 6 heteroatoms. The molecule has 1 aliphatic heterocycles. The van der Waals surface area contributed by atoms with E-state index in [1.54, 1.807) is 0 Å². The molecule has 25 heavy (non-hydrogen) atoms. The van der Waals surface area contributed by atoms with Gasteiger partial charge in [0.2, 0.25) is 0 Å². The van der Waals surface area contributed by atoms with E-state index < -0.39 is 0 Å². The second-order valence-corrected chi connectivity index (χ2v) is 7.66. The lowest BCUT2D eigenvalue weighted by Gasteiger charge is -2.26. The van der Waals surface area contributed by atoms with Crippen LogP contribution in [0.5, 0.6) is 0 Å². The Morgan fingerprint density at radius 2 is 2.00 bits per heavy atom. The fourth-order valence-corrected chi connectivity index (χ4v) is 3.57. The molecule has 6 nitrogen and oxygen atoms in total. The summed E-state index contributed by atoms with van der Waals surface area (Å²) in [6.07, 6.45) is 2.54. The minimum absolute atomic E-state index is 0.0330. The molecule has 0 radical (unpaired) electrons. The maximum Gasteiger partial charge on any atom is 0.318 e. The minimum atomic E-state index is -0.157. The maximum atomic E-state index is 12.6. The smallest absolute Gasteiger partial charge is 0.318 e. The molecule has 1 aromatic heterocycles. The number of nitrogens with one attached hydrogen (secondary N) is 1. The van der Waals surface area contributed by atoms with Gasteiger partial charge in [-0.2, -0.15) is 5.10 Å². The van der Waals surface area contributed by atoms with Crippen molar-refractivity contribution in [2.45, 2.75) is 58.2 Å². The monoisotopic (exact) mass is 341 g/mol. The molecule has 2 atom stereocenters. The number of benzene rings is 1. The van der Waals surface area contributed by atoms with Crippen LogP contribution in [0.25, 0.3) is 0 Å². The zero-order valence-electron chi connectivity index (χ0n) is 15.4. The van der Waals surface area contributed by atoms with Gasteiger partial charge in [-0.25, -0.2) is 14.5 Å². The van der Waals surface area contributed by atoms with E-state index in [0.29, 0.717) is 12.5 Å². The third-order valence-corrected chi connectivity index (χ3v) is 4.90. The van der Waals surface area contributed by atoms with Crippen molar-refractivity contribution in [1.29, 1.82) is 0 Å². The van der Waals surface area contributed by atoms with Crippen molar-refractivity contribution in [3.8, 4) is 0 Å². The van der Waals surface area contributed by atoms with Crippen LogP contribution in [-0.2, 0) is 12.1 Å². The van der Waals surface area contributed by atoms with Gasteiger partial charge in [0.1, 0.15) is 12.2 Å². The predicted molar refractivity (Wildman–Crippen MR) is 97.2 cm³/mol. The second kappa shape index (κ2) is 6.86. The van der Waals surface area contributed by atoms with E-state index in [9.17, 15) is 4.79 Å². The first-order valence-corrected chi connectivity index (χ1v) is 8.86. The van der Waals surface area contributed by atoms with Crippen LogP contribution in [0.15, 0.2) is 36.7 Å². The van der Waals surface area contributed by atoms with Gasteiger partial charge in [0.05, 0.1) is 12.1 Å². The van der Waals surface area contributed by atoms with Crippen LogP contribution in [0.2, 0.25) is 0 Å². The SMILES string of the molecule is C[C@H]1[C@H](c2ccccc2)CCN1C(=O)NCc1ncnn1C(C)(C)C. The highest BCUT2D eigenvalue weighted by molar-refractivity contribution is 5.75. The highest BCUT2D eigenvalue weighted by Gasteiger charge is 2.34. The summed E-state index contributed by atoms with van der Waals surface area (Å²) in [4.78, 5) is 18.9. The van der Waals surface area contributed by atoms with E-state index >= 15 is 0 Å². The fraction of sp³-hybridized carbons (Fsp3) is 0.526. The molecule has 0 aliphatic carbocycles. The quantitative estimate of drug-likeness (QED) is 0.933. The normalized spacial score (nSPS) is 20.7. The third-order valence-electron chi connectivity index (χ3n) is 4.90. The summed E-state index contributed by atoms with van der Waals surface area (Å²) in [5.74, 6) is 1.16. The number of carbonyl (C=O) groups is 1. The first kappa shape index (κ1) is 17.5. The van der Waals surface area contributed by atoms with E-state index in [0.717, 1.165) is 18.8 Å². The molecule has 0 unspecified atom stereocenters. The fourth-order valence-electron chi connectivity index (χ4n) is 3.57. The molecule has 3 rings (SSSR count). The maximum absolute atomic E-state index is 12.6. The minimum Gasteiger partial charge on any atom is -0.331 e. The van der Waals surface area contributed by atoms with Crippen molar-refractivity contribution < 1.29 is 4.79 Å². The van der Waals surface area contributed by atoms with E-state index in [4.69, 9.17) is 0 Å². The summed E-state index contributed by atoms with van der Waals surface area (Å²) in [6, 6.07) is 10.6. The lowest BCUT2D eigenvalue weighted by atomic mass is 9.93. The number of nitrogens with zero attached hydrogens (tertiary/aromatic N) is 4. The third kappa shape index (κ3) is 3.67. The van der Waals surface area contributed by atoms with E-state index in [2.05, 4.69) is 67.4 Å². The van der Waals surface area contributed by atoms with Gasteiger partial charge in [-0.05, 0) is 39.7 Å². The molecule has 0 saturated carbocycles. The number of carbonyl (C=O) groups excluding carboxylic acids is 1. The molecule has 1 N–H and O–H groups in total. The average molecular weight is 341 g/mol. The summed E-state index contributed by atoms with van der Waals surface area (Å²) in [6.45, 7) is 9.50. The largest absolute Gasteiger partial charge is 0.331 e. The van der Waals surface area contributed by atoms with Gasteiger partial charge in [0, 0.05) is 18.5 Å². The molecule has 134 valence electrons. The van der Waals surface area contributed by atoms with Crippen molar-refractivity contribution in [3.63, 3.8) is 0 Å². The van der Waals surface area contributed by atoms with Crippen molar-refractivity contribution in [2.75, 3.05) is 6.54 Å². The molecular weight excluding hydrogens is 314 g/mol. The van der Waals surface area contributed by atoms with Crippen LogP contribution in [0.1, 0.15) is 51.4 Å². The van der Waals surface area contributed by atoms with Crippen LogP contribution in [0.3, 0.4) is 0 Å². The van der Waals surface area contributed by atoms with E-state index in [-0.39, 0.29) is 17.6 Å². The van der Waals surface area contributed by atoms with Crippen LogP contribution in [-0.4, -0.2) is 38.3 Å². The average Bonchev–Trinajstić information content (AvgIpc) is 3.19. The highest BCUT2D eigenvalue weighted by Crippen LogP contribution is 2.33. The zero-order chi connectivity index (χ0) is 18.0. The lowest BCUT2D eigenvalue weighted by molar-refractivity contribution is 0.193. The topological polar surface area (TPSA) is 63.1 Å². The lowest BCUT2D eigenvalue weighted by Crippen LogP contribution is -2.43. The Bertz CT molecular complexity index is 719. The van der Waals surface area contributed by atoms with Gasteiger partial charge in [0.25, 0.3) is 0 Å². The number of hydrogen-bond acceptors (Lipinski definition) is 3. The molecule has 0 spiro atoms.